The van der Waals surface area contributed by atoms with Crippen LogP contribution >= 0.6 is 0 Å². The minimum absolute atomic E-state index is 0.0403. The average Bonchev–Trinajstić information content (AvgIpc) is 3.20. The van der Waals surface area contributed by atoms with Gasteiger partial charge in [-0.1, -0.05) is 145 Å². The van der Waals surface area contributed by atoms with E-state index in [1.165, 1.54) is 64.2 Å². The largest absolute Gasteiger partial charge is 0.462 e. The Kier molecular flexibility index (Phi) is 33.2. The number of ether oxygens (including phenoxy) is 4. The number of unbranched alkanes of at least 4 members (excludes halogenated alkanes) is 14. The van der Waals surface area contributed by atoms with Gasteiger partial charge in [0.05, 0.1) is 6.61 Å². The van der Waals surface area contributed by atoms with Crippen LogP contribution in [-0.4, -0.2) is 96.0 Å². The van der Waals surface area contributed by atoms with E-state index in [1.54, 1.807) is 0 Å². The molecule has 0 radical (unpaired) electrons. The van der Waals surface area contributed by atoms with E-state index in [0.29, 0.717) is 19.3 Å². The predicted molar refractivity (Wildman–Crippen MR) is 233 cm³/mol. The third kappa shape index (κ3) is 30.9. The summed E-state index contributed by atoms with van der Waals surface area (Å²) in [4.78, 5) is 25.3. The molecule has 4 N–H and O–H groups in total. The number of aliphatic hydroxyl groups is 3. The maximum atomic E-state index is 12.7. The second kappa shape index (κ2) is 36.0. The molecule has 1 aliphatic rings. The van der Waals surface area contributed by atoms with Gasteiger partial charge in [-0.25, -0.2) is 0 Å². The third-order valence-electron chi connectivity index (χ3n) is 9.84. The van der Waals surface area contributed by atoms with Crippen molar-refractivity contribution in [3.8, 4) is 0 Å². The molecule has 1 rings (SSSR count). The number of aliphatic hydroxyl groups excluding tert-OH is 3. The van der Waals surface area contributed by atoms with E-state index in [2.05, 4.69) is 56.4 Å². The normalized spacial score (nSPS) is 20.8. The standard InChI is InChI=1S/C46H78O12S/c1-3-5-7-9-11-13-15-17-18-19-20-21-23-24-26-28-30-32-34-41(47)55-36-39(37-56-46-45(51)44(50)43(49)40(58-46)38-59(52,53)54)57-42(48)35-33-31-29-27-25-22-16-14-12-10-8-6-4-2/h6,8,12,14,18-19,22,25,29,31,39-40,43-46,49-51H,3-5,7,9-11,13,15-17,20-21,23-24,26-28,30,32-38H2,1-2H3,(H,52,53,54)/b8-6-,14-12-,19-18-,25-22-,31-29-. The number of esters is 2. The Balaban J connectivity index is 2.48. The highest BCUT2D eigenvalue weighted by Gasteiger charge is 2.46. The molecule has 6 atom stereocenters. The molecular weight excluding hydrogens is 777 g/mol. The number of allylic oxidation sites excluding steroid dienone is 10. The molecule has 0 bridgehead atoms. The zero-order chi connectivity index (χ0) is 43.4. The van der Waals surface area contributed by atoms with E-state index in [0.717, 1.165) is 51.4 Å². The zero-order valence-electron chi connectivity index (χ0n) is 36.1. The van der Waals surface area contributed by atoms with Crippen molar-refractivity contribution in [1.29, 1.82) is 0 Å². The van der Waals surface area contributed by atoms with E-state index >= 15 is 0 Å². The highest BCUT2D eigenvalue weighted by Crippen LogP contribution is 2.24. The highest BCUT2D eigenvalue weighted by atomic mass is 32.2. The van der Waals surface area contributed by atoms with Gasteiger partial charge in [0.15, 0.2) is 12.4 Å². The van der Waals surface area contributed by atoms with Crippen LogP contribution < -0.4 is 0 Å². The van der Waals surface area contributed by atoms with Crippen LogP contribution in [0, 0.1) is 0 Å². The minimum Gasteiger partial charge on any atom is -0.462 e. The number of hydrogen-bond donors (Lipinski definition) is 4. The van der Waals surface area contributed by atoms with Gasteiger partial charge in [0, 0.05) is 12.8 Å². The Bertz CT molecular complexity index is 1320. The molecule has 1 fully saturated rings. The smallest absolute Gasteiger partial charge is 0.306 e. The summed E-state index contributed by atoms with van der Waals surface area (Å²) >= 11 is 0. The van der Waals surface area contributed by atoms with Crippen molar-refractivity contribution in [1.82, 2.24) is 0 Å². The summed E-state index contributed by atoms with van der Waals surface area (Å²) in [5.74, 6) is -2.10. The van der Waals surface area contributed by atoms with Crippen LogP contribution in [0.3, 0.4) is 0 Å². The van der Waals surface area contributed by atoms with Crippen molar-refractivity contribution in [3.63, 3.8) is 0 Å². The highest BCUT2D eigenvalue weighted by molar-refractivity contribution is 7.85. The summed E-state index contributed by atoms with van der Waals surface area (Å²) in [6.45, 7) is 3.56. The molecule has 12 nitrogen and oxygen atoms in total. The number of carbonyl (C=O) groups is 2. The molecule has 0 saturated carbocycles. The summed E-state index contributed by atoms with van der Waals surface area (Å²) in [7, 11) is -4.61. The predicted octanol–water partition coefficient (Wildman–Crippen LogP) is 8.95. The lowest BCUT2D eigenvalue weighted by Gasteiger charge is -2.40. The minimum atomic E-state index is -4.61. The molecule has 0 spiro atoms. The van der Waals surface area contributed by atoms with Gasteiger partial charge in [0.25, 0.3) is 10.1 Å². The van der Waals surface area contributed by atoms with Crippen LogP contribution in [-0.2, 0) is 38.7 Å². The van der Waals surface area contributed by atoms with Crippen LogP contribution in [0.25, 0.3) is 0 Å². The molecule has 6 unspecified atom stereocenters. The topological polar surface area (TPSA) is 186 Å². The Morgan fingerprint density at radius 2 is 1.10 bits per heavy atom. The fraction of sp³-hybridized carbons (Fsp3) is 0.739. The Morgan fingerprint density at radius 1 is 0.593 bits per heavy atom. The first-order valence-corrected chi connectivity index (χ1v) is 24.0. The molecule has 0 aromatic rings. The van der Waals surface area contributed by atoms with E-state index in [1.807, 2.05) is 18.2 Å². The van der Waals surface area contributed by atoms with Crippen LogP contribution in [0.4, 0.5) is 0 Å². The molecule has 0 aliphatic carbocycles. The second-order valence-electron chi connectivity index (χ2n) is 15.3. The van der Waals surface area contributed by atoms with Crippen molar-refractivity contribution in [2.45, 2.75) is 198 Å². The Morgan fingerprint density at radius 3 is 1.66 bits per heavy atom. The molecule has 0 aromatic heterocycles. The summed E-state index contributed by atoms with van der Waals surface area (Å²) in [5.41, 5.74) is 0. The lowest BCUT2D eigenvalue weighted by molar-refractivity contribution is -0.297. The molecule has 340 valence electrons. The van der Waals surface area contributed by atoms with E-state index in [9.17, 15) is 37.9 Å². The van der Waals surface area contributed by atoms with Crippen LogP contribution in [0.15, 0.2) is 60.8 Å². The summed E-state index contributed by atoms with van der Waals surface area (Å²) in [5, 5.41) is 30.8. The monoisotopic (exact) mass is 855 g/mol. The zero-order valence-corrected chi connectivity index (χ0v) is 36.9. The van der Waals surface area contributed by atoms with Crippen LogP contribution in [0.1, 0.15) is 162 Å². The summed E-state index contributed by atoms with van der Waals surface area (Å²) in [6.07, 6.45) is 34.3. The van der Waals surface area contributed by atoms with Gasteiger partial charge < -0.3 is 34.3 Å². The van der Waals surface area contributed by atoms with Crippen LogP contribution in [0.2, 0.25) is 0 Å². The first-order chi connectivity index (χ1) is 28.5. The maximum absolute atomic E-state index is 12.7. The number of rotatable bonds is 36. The lowest BCUT2D eigenvalue weighted by atomic mass is 10.00. The Labute approximate surface area is 355 Å². The van der Waals surface area contributed by atoms with Gasteiger partial charge in [0.2, 0.25) is 0 Å². The fourth-order valence-electron chi connectivity index (χ4n) is 6.39. The lowest BCUT2D eigenvalue weighted by Crippen LogP contribution is -2.60. The first-order valence-electron chi connectivity index (χ1n) is 22.3. The maximum Gasteiger partial charge on any atom is 0.306 e. The quantitative estimate of drug-likeness (QED) is 0.0203. The van der Waals surface area contributed by atoms with Gasteiger partial charge >= 0.3 is 11.9 Å². The molecule has 0 amide bonds. The van der Waals surface area contributed by atoms with Crippen molar-refractivity contribution >= 4 is 22.1 Å². The molecule has 59 heavy (non-hydrogen) atoms. The van der Waals surface area contributed by atoms with Gasteiger partial charge in [-0.05, 0) is 64.2 Å². The molecule has 1 saturated heterocycles. The van der Waals surface area contributed by atoms with Crippen molar-refractivity contribution in [2.75, 3.05) is 19.0 Å². The third-order valence-corrected chi connectivity index (χ3v) is 10.6. The molecule has 0 aromatic carbocycles. The van der Waals surface area contributed by atoms with Gasteiger partial charge in [-0.2, -0.15) is 8.42 Å². The van der Waals surface area contributed by atoms with E-state index < -0.39 is 71.2 Å². The molecule has 1 heterocycles. The van der Waals surface area contributed by atoms with E-state index in [4.69, 9.17) is 18.9 Å². The van der Waals surface area contributed by atoms with Crippen LogP contribution in [0.5, 0.6) is 0 Å². The fourth-order valence-corrected chi connectivity index (χ4v) is 7.08. The molecule has 1 aliphatic heterocycles. The SMILES string of the molecule is CC/C=C\C/C=C\C/C=C\C/C=C\CCC(=O)OC(COC(=O)CCCCCCCCC/C=C\CCCCCCCCC)COC1OC(CS(=O)(=O)O)C(O)C(O)C1O. The number of carbonyl (C=O) groups excluding carboxylic acids is 2. The van der Waals surface area contributed by atoms with E-state index in [-0.39, 0.29) is 19.4 Å². The van der Waals surface area contributed by atoms with Crippen molar-refractivity contribution in [2.24, 2.45) is 0 Å². The number of hydrogen-bond acceptors (Lipinski definition) is 11. The van der Waals surface area contributed by atoms with Gasteiger partial charge in [-0.15, -0.1) is 0 Å². The second-order valence-corrected chi connectivity index (χ2v) is 16.8. The van der Waals surface area contributed by atoms with Crippen molar-refractivity contribution < 1.29 is 56.8 Å². The molecular formula is C46H78O12S. The Hall–Kier alpha value is -2.65. The summed E-state index contributed by atoms with van der Waals surface area (Å²) < 4.78 is 53.9. The average molecular weight is 855 g/mol. The molecule has 13 heteroatoms. The first kappa shape index (κ1) is 54.4. The van der Waals surface area contributed by atoms with Gasteiger partial charge in [-0.3, -0.25) is 14.1 Å². The van der Waals surface area contributed by atoms with Gasteiger partial charge in [0.1, 0.15) is 36.8 Å². The van der Waals surface area contributed by atoms with Crippen molar-refractivity contribution in [3.05, 3.63) is 60.8 Å². The summed E-state index contributed by atoms with van der Waals surface area (Å²) in [6, 6.07) is 0.